The van der Waals surface area contributed by atoms with Crippen molar-refractivity contribution in [3.63, 3.8) is 0 Å². The lowest BCUT2D eigenvalue weighted by molar-refractivity contribution is 0.293. The zero-order valence-corrected chi connectivity index (χ0v) is 16.2. The van der Waals surface area contributed by atoms with Gasteiger partial charge < -0.3 is 0 Å². The van der Waals surface area contributed by atoms with Crippen LogP contribution in [0.2, 0.25) is 0 Å². The molecule has 0 saturated carbocycles. The summed E-state index contributed by atoms with van der Waals surface area (Å²) < 4.78 is 1.29. The fourth-order valence-corrected chi connectivity index (χ4v) is 5.02. The fraction of sp³-hybridized carbons (Fsp3) is 0.364. The summed E-state index contributed by atoms with van der Waals surface area (Å²) in [6.07, 6.45) is 6.10. The van der Waals surface area contributed by atoms with Crippen LogP contribution in [0.5, 0.6) is 0 Å². The molecule has 0 fully saturated rings. The maximum Gasteiger partial charge on any atom is 0.0130 e. The quantitative estimate of drug-likeness (QED) is 0.367. The molecule has 0 aliphatic heterocycles. The second kappa shape index (κ2) is 5.47. The number of hydrogen-bond acceptors (Lipinski definition) is 0. The summed E-state index contributed by atoms with van der Waals surface area (Å²) in [5.74, 6) is 2.08. The van der Waals surface area contributed by atoms with Crippen LogP contribution in [0, 0.1) is 15.4 Å². The first-order chi connectivity index (χ1) is 11.0. The van der Waals surface area contributed by atoms with E-state index in [2.05, 4.69) is 98.0 Å². The predicted octanol–water partition coefficient (Wildman–Crippen LogP) is 6.55. The molecule has 0 nitrogen and oxygen atoms in total. The van der Waals surface area contributed by atoms with Gasteiger partial charge in [-0.05, 0) is 86.6 Å². The molecule has 0 spiro atoms. The van der Waals surface area contributed by atoms with Crippen LogP contribution in [0.1, 0.15) is 44.2 Å². The van der Waals surface area contributed by atoms with Crippen molar-refractivity contribution < 1.29 is 0 Å². The third-order valence-electron chi connectivity index (χ3n) is 5.97. The van der Waals surface area contributed by atoms with Crippen LogP contribution in [0.4, 0.5) is 0 Å². The van der Waals surface area contributed by atoms with E-state index in [1.165, 1.54) is 21.1 Å². The summed E-state index contributed by atoms with van der Waals surface area (Å²) in [5.41, 5.74) is 6.05. The molecular formula is C22H23I. The molecule has 0 N–H and O–H groups in total. The second-order valence-corrected chi connectivity index (χ2v) is 8.97. The van der Waals surface area contributed by atoms with E-state index in [-0.39, 0.29) is 5.41 Å². The minimum absolute atomic E-state index is 0.227. The zero-order valence-electron chi connectivity index (χ0n) is 14.0. The average Bonchev–Trinajstić information content (AvgIpc) is 2.77. The van der Waals surface area contributed by atoms with Gasteiger partial charge in [0.2, 0.25) is 0 Å². The molecule has 2 aromatic rings. The first kappa shape index (κ1) is 15.4. The molecule has 0 heterocycles. The molecule has 3 atom stereocenters. The average molecular weight is 414 g/mol. The first-order valence-electron chi connectivity index (χ1n) is 8.55. The highest BCUT2D eigenvalue weighted by molar-refractivity contribution is 14.1. The van der Waals surface area contributed by atoms with E-state index < -0.39 is 0 Å². The molecule has 2 unspecified atom stereocenters. The Labute approximate surface area is 153 Å². The highest BCUT2D eigenvalue weighted by atomic mass is 127. The third-order valence-corrected chi connectivity index (χ3v) is 6.69. The van der Waals surface area contributed by atoms with Crippen molar-refractivity contribution in [2.24, 2.45) is 11.8 Å². The van der Waals surface area contributed by atoms with Crippen molar-refractivity contribution in [3.8, 4) is 11.1 Å². The Balaban J connectivity index is 1.84. The van der Waals surface area contributed by atoms with Gasteiger partial charge >= 0.3 is 0 Å². The van der Waals surface area contributed by atoms with E-state index in [0.29, 0.717) is 11.8 Å². The second-order valence-electron chi connectivity index (χ2n) is 7.72. The zero-order chi connectivity index (χ0) is 16.2. The molecule has 2 aliphatic carbocycles. The maximum atomic E-state index is 2.48. The normalized spacial score (nSPS) is 27.6. The van der Waals surface area contributed by atoms with Gasteiger partial charge in [-0.3, -0.25) is 0 Å². The number of fused-ring (bicyclic) bond motifs is 3. The molecule has 2 aliphatic rings. The van der Waals surface area contributed by atoms with Gasteiger partial charge in [0.25, 0.3) is 0 Å². The smallest absolute Gasteiger partial charge is 0.0130 e. The molecule has 4 rings (SSSR count). The summed E-state index contributed by atoms with van der Waals surface area (Å²) >= 11 is 2.37. The number of benzene rings is 2. The van der Waals surface area contributed by atoms with Gasteiger partial charge in [0.05, 0.1) is 0 Å². The van der Waals surface area contributed by atoms with E-state index >= 15 is 0 Å². The van der Waals surface area contributed by atoms with Crippen LogP contribution in [0.15, 0.2) is 54.6 Å². The molecule has 0 amide bonds. The Morgan fingerprint density at radius 1 is 1.00 bits per heavy atom. The minimum Gasteiger partial charge on any atom is -0.0879 e. The van der Waals surface area contributed by atoms with Crippen molar-refractivity contribution in [3.05, 3.63) is 69.3 Å². The first-order valence-corrected chi connectivity index (χ1v) is 9.63. The lowest BCUT2D eigenvalue weighted by Crippen LogP contribution is -2.28. The molecule has 1 heteroatoms. The maximum absolute atomic E-state index is 2.48. The molecule has 118 valence electrons. The molecule has 2 aromatic carbocycles. The number of halogens is 1. The van der Waals surface area contributed by atoms with E-state index in [0.717, 1.165) is 5.92 Å². The lowest BCUT2D eigenvalue weighted by Gasteiger charge is -2.34. The Morgan fingerprint density at radius 2 is 1.70 bits per heavy atom. The van der Waals surface area contributed by atoms with E-state index in [4.69, 9.17) is 0 Å². The van der Waals surface area contributed by atoms with E-state index in [1.807, 2.05) is 0 Å². The van der Waals surface area contributed by atoms with Crippen LogP contribution in [0.3, 0.4) is 0 Å². The highest BCUT2D eigenvalue weighted by Crippen LogP contribution is 2.56. The predicted molar refractivity (Wildman–Crippen MR) is 107 cm³/mol. The minimum atomic E-state index is 0.227. The van der Waals surface area contributed by atoms with Crippen molar-refractivity contribution in [1.82, 2.24) is 0 Å². The molecule has 0 aromatic heterocycles. The monoisotopic (exact) mass is 414 g/mol. The highest BCUT2D eigenvalue weighted by Gasteiger charge is 2.47. The standard InChI is InChI=1S/C22H23I/c1-14-5-4-6-19-21(14)18-12-9-16(13-20(18)22(19,2)3)15-7-10-17(23)11-8-15/h4,6-14,19,21H,5H2,1-3H3/t14?,19?,21-/m0/s1. The van der Waals surface area contributed by atoms with Crippen LogP contribution >= 0.6 is 22.6 Å². The van der Waals surface area contributed by atoms with Crippen molar-refractivity contribution >= 4 is 22.6 Å². The number of allylic oxidation sites excluding steroid dienone is 2. The summed E-state index contributed by atoms with van der Waals surface area (Å²) in [5, 5.41) is 0. The Hall–Kier alpha value is -1.09. The molecular weight excluding hydrogens is 391 g/mol. The van der Waals surface area contributed by atoms with Gasteiger partial charge in [0.15, 0.2) is 0 Å². The molecule has 0 radical (unpaired) electrons. The van der Waals surface area contributed by atoms with Crippen molar-refractivity contribution in [2.75, 3.05) is 0 Å². The Kier molecular flexibility index (Phi) is 3.67. The topological polar surface area (TPSA) is 0 Å². The largest absolute Gasteiger partial charge is 0.0879 e. The summed E-state index contributed by atoms with van der Waals surface area (Å²) in [6.45, 7) is 7.27. The van der Waals surface area contributed by atoms with Gasteiger partial charge in [-0.15, -0.1) is 0 Å². The summed E-state index contributed by atoms with van der Waals surface area (Å²) in [4.78, 5) is 0. The molecule has 0 saturated heterocycles. The van der Waals surface area contributed by atoms with Crippen LogP contribution in [-0.4, -0.2) is 0 Å². The van der Waals surface area contributed by atoms with Crippen LogP contribution in [-0.2, 0) is 5.41 Å². The molecule has 0 bridgehead atoms. The number of rotatable bonds is 1. The third kappa shape index (κ3) is 2.39. The van der Waals surface area contributed by atoms with Gasteiger partial charge in [-0.1, -0.05) is 63.3 Å². The van der Waals surface area contributed by atoms with Gasteiger partial charge in [-0.2, -0.15) is 0 Å². The van der Waals surface area contributed by atoms with E-state index in [9.17, 15) is 0 Å². The van der Waals surface area contributed by atoms with Crippen LogP contribution in [0.25, 0.3) is 11.1 Å². The summed E-state index contributed by atoms with van der Waals surface area (Å²) in [7, 11) is 0. The lowest BCUT2D eigenvalue weighted by atomic mass is 9.69. The van der Waals surface area contributed by atoms with Crippen LogP contribution < -0.4 is 0 Å². The van der Waals surface area contributed by atoms with Gasteiger partial charge in [0.1, 0.15) is 0 Å². The van der Waals surface area contributed by atoms with E-state index in [1.54, 1.807) is 11.1 Å². The van der Waals surface area contributed by atoms with Crippen molar-refractivity contribution in [1.29, 1.82) is 0 Å². The van der Waals surface area contributed by atoms with Crippen molar-refractivity contribution in [2.45, 2.75) is 38.5 Å². The van der Waals surface area contributed by atoms with Gasteiger partial charge in [-0.25, -0.2) is 0 Å². The fourth-order valence-electron chi connectivity index (χ4n) is 4.66. The molecule has 23 heavy (non-hydrogen) atoms. The Bertz CT molecular complexity index is 767. The summed E-state index contributed by atoms with van der Waals surface area (Å²) in [6, 6.07) is 16.0. The van der Waals surface area contributed by atoms with Gasteiger partial charge in [0, 0.05) is 3.57 Å². The number of hydrogen-bond donors (Lipinski definition) is 0. The Morgan fingerprint density at radius 3 is 2.43 bits per heavy atom. The SMILES string of the molecule is CC1CC=CC2[C@@H]1c1ccc(-c3ccc(I)cc3)cc1C2(C)C.